The first-order chi connectivity index (χ1) is 27.8. The highest BCUT2D eigenvalue weighted by Crippen LogP contribution is 2.26. The second-order valence-electron chi connectivity index (χ2n) is 13.4. The maximum Gasteiger partial charge on any atom is 0.255 e. The van der Waals surface area contributed by atoms with Crippen molar-refractivity contribution in [1.82, 2.24) is 31.1 Å². The number of nitrogens with zero attached hydrogens (tertiary/aromatic N) is 2. The van der Waals surface area contributed by atoms with Crippen LogP contribution in [0.4, 0.5) is 0 Å². The predicted molar refractivity (Wildman–Crippen MR) is 217 cm³/mol. The van der Waals surface area contributed by atoms with E-state index in [0.29, 0.717) is 85.5 Å². The molecule has 5 N–H and O–H groups in total. The molecular weight excluding hydrogens is 736 g/mol. The first-order valence-electron chi connectivity index (χ1n) is 20.2. The molecule has 0 unspecified atom stereocenters. The normalized spacial score (nSPS) is 15.9. The Morgan fingerprint density at radius 2 is 0.912 bits per heavy atom. The fourth-order valence-electron chi connectivity index (χ4n) is 5.90. The van der Waals surface area contributed by atoms with Gasteiger partial charge in [0.05, 0.1) is 75.1 Å². The molecule has 16 heteroatoms. The van der Waals surface area contributed by atoms with E-state index in [2.05, 4.69) is 26.2 Å². The number of fused-ring (bicyclic) bond motifs is 4. The summed E-state index contributed by atoms with van der Waals surface area (Å²) in [7, 11) is 1.61. The van der Waals surface area contributed by atoms with Crippen LogP contribution in [0.5, 0.6) is 11.5 Å². The largest absolute Gasteiger partial charge is 0.492 e. The number of ether oxygens (including phenoxy) is 5. The topological polar surface area (TPSA) is 189 Å². The Kier molecular flexibility index (Phi) is 23.2. The van der Waals surface area contributed by atoms with Crippen LogP contribution in [-0.4, -0.2) is 164 Å². The number of unbranched alkanes of at least 4 members (excludes halogenated alkanes) is 2. The Hall–Kier alpha value is -4.32. The number of carbonyl (C=O) groups is 4. The number of benzene rings is 2. The molecule has 3 rings (SSSR count). The molecule has 4 amide bonds. The molecule has 0 aliphatic carbocycles. The molecule has 0 fully saturated rings. The van der Waals surface area contributed by atoms with Crippen LogP contribution in [0.25, 0.3) is 0 Å². The van der Waals surface area contributed by atoms with Crippen molar-refractivity contribution >= 4 is 23.6 Å². The van der Waals surface area contributed by atoms with E-state index in [4.69, 9.17) is 23.7 Å². The fourth-order valence-corrected chi connectivity index (χ4v) is 5.90. The van der Waals surface area contributed by atoms with E-state index in [9.17, 15) is 24.3 Å². The van der Waals surface area contributed by atoms with Gasteiger partial charge in [0.1, 0.15) is 11.5 Å². The highest BCUT2D eigenvalue weighted by atomic mass is 16.5. The number of hydrogen-bond acceptors (Lipinski definition) is 12. The number of aliphatic hydroxyl groups excluding tert-OH is 1. The van der Waals surface area contributed by atoms with Crippen LogP contribution in [0.15, 0.2) is 36.4 Å². The monoisotopic (exact) mass is 800 g/mol. The van der Waals surface area contributed by atoms with Crippen LogP contribution in [-0.2, 0) is 14.2 Å². The Labute approximate surface area is 337 Å². The van der Waals surface area contributed by atoms with Gasteiger partial charge in [0.15, 0.2) is 0 Å². The zero-order valence-corrected chi connectivity index (χ0v) is 34.0. The zero-order chi connectivity index (χ0) is 41.1. The Balaban J connectivity index is 1.87. The van der Waals surface area contributed by atoms with E-state index in [1.807, 2.05) is 18.7 Å². The van der Waals surface area contributed by atoms with Crippen LogP contribution in [0.1, 0.15) is 81.0 Å². The van der Waals surface area contributed by atoms with Crippen molar-refractivity contribution in [3.05, 3.63) is 58.7 Å². The lowest BCUT2D eigenvalue weighted by molar-refractivity contribution is 0.0196. The van der Waals surface area contributed by atoms with Gasteiger partial charge in [-0.05, 0) is 37.1 Å². The molecule has 318 valence electrons. The van der Waals surface area contributed by atoms with Gasteiger partial charge >= 0.3 is 0 Å². The lowest BCUT2D eigenvalue weighted by Gasteiger charge is -2.24. The molecule has 57 heavy (non-hydrogen) atoms. The third-order valence-corrected chi connectivity index (χ3v) is 9.12. The van der Waals surface area contributed by atoms with E-state index in [1.165, 1.54) is 0 Å². The van der Waals surface area contributed by atoms with E-state index < -0.39 is 11.8 Å². The Morgan fingerprint density at radius 1 is 0.544 bits per heavy atom. The van der Waals surface area contributed by atoms with Crippen LogP contribution in [0.3, 0.4) is 0 Å². The van der Waals surface area contributed by atoms with Crippen LogP contribution in [0.2, 0.25) is 0 Å². The van der Waals surface area contributed by atoms with Gasteiger partial charge in [-0.2, -0.15) is 0 Å². The third-order valence-electron chi connectivity index (χ3n) is 9.12. The summed E-state index contributed by atoms with van der Waals surface area (Å²) in [5.41, 5.74) is 0.990. The smallest absolute Gasteiger partial charge is 0.255 e. The highest BCUT2D eigenvalue weighted by molar-refractivity contribution is 6.05. The number of nitrogens with one attached hydrogen (secondary N) is 4. The lowest BCUT2D eigenvalue weighted by Crippen LogP contribution is -2.41. The fraction of sp³-hybridized carbons (Fsp3) is 0.610. The number of para-hydroxylation sites is 2. The number of rotatable bonds is 19. The summed E-state index contributed by atoms with van der Waals surface area (Å²) >= 11 is 0. The Morgan fingerprint density at radius 3 is 1.28 bits per heavy atom. The molecule has 0 spiro atoms. The maximum atomic E-state index is 13.6. The molecule has 16 nitrogen and oxygen atoms in total. The quantitative estimate of drug-likeness (QED) is 0.130. The summed E-state index contributed by atoms with van der Waals surface area (Å²) in [6.45, 7) is 10.3. The summed E-state index contributed by atoms with van der Waals surface area (Å²) < 4.78 is 28.4. The molecule has 0 saturated heterocycles. The number of amides is 4. The first-order valence-corrected chi connectivity index (χ1v) is 20.2. The van der Waals surface area contributed by atoms with Crippen molar-refractivity contribution in [2.45, 2.75) is 39.5 Å². The molecule has 0 radical (unpaired) electrons. The van der Waals surface area contributed by atoms with Gasteiger partial charge in [-0.25, -0.2) is 0 Å². The van der Waals surface area contributed by atoms with Crippen molar-refractivity contribution in [3.63, 3.8) is 0 Å². The second-order valence-corrected chi connectivity index (χ2v) is 13.4. The number of methoxy groups -OCH3 is 1. The van der Waals surface area contributed by atoms with Gasteiger partial charge in [-0.1, -0.05) is 38.8 Å². The summed E-state index contributed by atoms with van der Waals surface area (Å²) in [5.74, 6) is -1.12. The average molecular weight is 801 g/mol. The van der Waals surface area contributed by atoms with Gasteiger partial charge < -0.3 is 50.1 Å². The first kappa shape index (κ1) is 47.1. The molecule has 1 heterocycles. The minimum absolute atomic E-state index is 0.113. The van der Waals surface area contributed by atoms with Crippen LogP contribution in [0, 0.1) is 0 Å². The highest BCUT2D eigenvalue weighted by Gasteiger charge is 2.23. The number of carbonyl (C=O) groups excluding carboxylic acids is 4. The molecule has 1 aliphatic heterocycles. The number of hydrogen-bond donors (Lipinski definition) is 5. The molecule has 1 aliphatic rings. The number of β-amino-alcohol motifs (C(OH)–C–C–N with tert-alkyl or cyclic N) is 1. The SMILES string of the molecule is CCCCOc1c2cccc1C(=O)NCCN(CCOCCOCCOC)CCNC(=O)c1cccc(c1OCCCC)C(=O)NCCN(CCO)CCNC2=O. The summed E-state index contributed by atoms with van der Waals surface area (Å²) in [6.07, 6.45) is 3.23. The maximum absolute atomic E-state index is 13.6. The molecule has 0 aromatic heterocycles. The van der Waals surface area contributed by atoms with Crippen LogP contribution < -0.4 is 30.7 Å². The molecule has 2 aromatic rings. The summed E-state index contributed by atoms with van der Waals surface area (Å²) in [6, 6.07) is 9.85. The van der Waals surface area contributed by atoms with Gasteiger partial charge in [0.2, 0.25) is 0 Å². The van der Waals surface area contributed by atoms with Gasteiger partial charge in [-0.3, -0.25) is 29.0 Å². The van der Waals surface area contributed by atoms with Gasteiger partial charge in [-0.15, -0.1) is 0 Å². The van der Waals surface area contributed by atoms with E-state index in [1.54, 1.807) is 43.5 Å². The van der Waals surface area contributed by atoms with Crippen LogP contribution >= 0.6 is 0 Å². The standard InChI is InChI=1S/C41H64N6O10/c1-4-6-25-56-36-32-10-8-12-34(36)40(51)44-16-20-47(23-27-54-30-31-55-29-28-53-3)21-17-45-41(52)35-13-9-11-33(37(35)57-26-7-5-2)39(50)43-15-19-46(22-24-48)18-14-42-38(32)49/h8-13,48H,4-7,14-31H2,1-3H3,(H,42,49)(H,43,50)(H,44,51)(H,45,52). The molecule has 4 bridgehead atoms. The Bertz CT molecular complexity index is 1410. The molecular formula is C41H64N6O10. The minimum Gasteiger partial charge on any atom is -0.492 e. The van der Waals surface area contributed by atoms with Crippen molar-refractivity contribution in [3.8, 4) is 11.5 Å². The zero-order valence-electron chi connectivity index (χ0n) is 34.0. The van der Waals surface area contributed by atoms with Crippen molar-refractivity contribution < 1.29 is 48.0 Å². The predicted octanol–water partition coefficient (Wildman–Crippen LogP) is 1.95. The van der Waals surface area contributed by atoms with E-state index in [-0.39, 0.29) is 78.4 Å². The molecule has 2 aromatic carbocycles. The third kappa shape index (κ3) is 17.0. The number of aliphatic hydroxyl groups is 1. The summed E-state index contributed by atoms with van der Waals surface area (Å²) in [5, 5.41) is 21.5. The van der Waals surface area contributed by atoms with Gasteiger partial charge in [0.25, 0.3) is 23.6 Å². The van der Waals surface area contributed by atoms with Crippen molar-refractivity contribution in [2.75, 3.05) is 125 Å². The second kappa shape index (κ2) is 28.1. The molecule has 0 saturated carbocycles. The average Bonchev–Trinajstić information content (AvgIpc) is 3.21. The lowest BCUT2D eigenvalue weighted by atomic mass is 10.1. The van der Waals surface area contributed by atoms with Gasteiger partial charge in [0, 0.05) is 72.6 Å². The van der Waals surface area contributed by atoms with E-state index in [0.717, 1.165) is 25.7 Å². The van der Waals surface area contributed by atoms with Crippen molar-refractivity contribution in [1.29, 1.82) is 0 Å². The summed E-state index contributed by atoms with van der Waals surface area (Å²) in [4.78, 5) is 58.3. The minimum atomic E-state index is -0.393. The van der Waals surface area contributed by atoms with Crippen molar-refractivity contribution in [2.24, 2.45) is 0 Å². The molecule has 0 atom stereocenters. The van der Waals surface area contributed by atoms with E-state index >= 15 is 0 Å².